The maximum Gasteiger partial charge on any atom is 0.200 e. The van der Waals surface area contributed by atoms with Crippen LogP contribution in [-0.2, 0) is 6.42 Å². The van der Waals surface area contributed by atoms with Crippen molar-refractivity contribution in [3.63, 3.8) is 0 Å². The fraction of sp³-hybridized carbons (Fsp3) is 0.0769. The van der Waals surface area contributed by atoms with Crippen molar-refractivity contribution in [2.45, 2.75) is 6.42 Å². The summed E-state index contributed by atoms with van der Waals surface area (Å²) < 4.78 is 67.1. The average molecular weight is 299 g/mol. The molecule has 0 atom stereocenters. The van der Waals surface area contributed by atoms with E-state index in [0.29, 0.717) is 0 Å². The van der Waals surface area contributed by atoms with E-state index in [1.54, 1.807) is 6.07 Å². The van der Waals surface area contributed by atoms with Crippen LogP contribution in [0.1, 0.15) is 5.56 Å². The summed E-state index contributed by atoms with van der Waals surface area (Å²) in [6, 6.07) is 2.93. The molecule has 2 N–H and O–H groups in total. The first-order valence-corrected chi connectivity index (χ1v) is 5.52. The quantitative estimate of drug-likeness (QED) is 0.526. The van der Waals surface area contributed by atoms with E-state index in [-0.39, 0.29) is 12.0 Å². The molecule has 3 nitrogen and oxygen atoms in total. The first-order valence-electron chi connectivity index (χ1n) is 5.52. The van der Waals surface area contributed by atoms with Gasteiger partial charge in [0.2, 0.25) is 5.82 Å². The molecule has 0 spiro atoms. The van der Waals surface area contributed by atoms with Crippen molar-refractivity contribution in [2.75, 3.05) is 5.73 Å². The number of nitrogen functional groups attached to an aromatic ring is 1. The van der Waals surface area contributed by atoms with Gasteiger partial charge in [-0.15, -0.1) is 0 Å². The fourth-order valence-corrected chi connectivity index (χ4v) is 1.87. The van der Waals surface area contributed by atoms with Crippen LogP contribution in [0.2, 0.25) is 0 Å². The number of aromatic nitrogens is 1. The Balaban J connectivity index is 2.90. The minimum Gasteiger partial charge on any atom is -0.383 e. The van der Waals surface area contributed by atoms with Gasteiger partial charge >= 0.3 is 0 Å². The number of rotatable bonds is 2. The first-order chi connectivity index (χ1) is 9.90. The topological polar surface area (TPSA) is 62.7 Å². The molecule has 0 unspecified atom stereocenters. The third-order valence-electron chi connectivity index (χ3n) is 2.80. The predicted octanol–water partition coefficient (Wildman–Crippen LogP) is 3.09. The van der Waals surface area contributed by atoms with E-state index in [0.717, 1.165) is 6.20 Å². The molecule has 8 heteroatoms. The standard InChI is InChI=1S/C13H6F5N3/c14-8-7(9(15)11(17)12(18)10(8)16)6-5(1-3-19)2-4-21-13(6)20/h2,4H,1H2,(H2,20,21). The average Bonchev–Trinajstić information content (AvgIpc) is 2.46. The van der Waals surface area contributed by atoms with Gasteiger partial charge in [0.1, 0.15) is 5.82 Å². The highest BCUT2D eigenvalue weighted by atomic mass is 19.2. The van der Waals surface area contributed by atoms with Crippen LogP contribution >= 0.6 is 0 Å². The van der Waals surface area contributed by atoms with E-state index < -0.39 is 46.0 Å². The van der Waals surface area contributed by atoms with Crippen LogP contribution in [0.3, 0.4) is 0 Å². The summed E-state index contributed by atoms with van der Waals surface area (Å²) in [5, 5.41) is 8.67. The Hall–Kier alpha value is -2.69. The van der Waals surface area contributed by atoms with Gasteiger partial charge in [0, 0.05) is 11.8 Å². The van der Waals surface area contributed by atoms with Crippen molar-refractivity contribution < 1.29 is 22.0 Å². The maximum atomic E-state index is 13.8. The number of hydrogen-bond donors (Lipinski definition) is 1. The molecule has 1 aromatic heterocycles. The number of nitrogens with two attached hydrogens (primary N) is 1. The van der Waals surface area contributed by atoms with Gasteiger partial charge in [0.05, 0.1) is 18.1 Å². The number of benzene rings is 1. The summed E-state index contributed by atoms with van der Waals surface area (Å²) in [5.41, 5.74) is 3.80. The van der Waals surface area contributed by atoms with Gasteiger partial charge in [-0.2, -0.15) is 5.26 Å². The Morgan fingerprint density at radius 2 is 1.48 bits per heavy atom. The maximum absolute atomic E-state index is 13.8. The molecular weight excluding hydrogens is 293 g/mol. The Labute approximate surface area is 115 Å². The lowest BCUT2D eigenvalue weighted by molar-refractivity contribution is 0.381. The summed E-state index contributed by atoms with van der Waals surface area (Å²) in [6.45, 7) is 0. The minimum absolute atomic E-state index is 0.00760. The molecule has 0 aliphatic rings. The van der Waals surface area contributed by atoms with Crippen LogP contribution in [-0.4, -0.2) is 4.98 Å². The molecule has 108 valence electrons. The summed E-state index contributed by atoms with van der Waals surface area (Å²) in [6.07, 6.45) is 0.832. The van der Waals surface area contributed by atoms with Crippen LogP contribution in [0, 0.1) is 40.4 Å². The lowest BCUT2D eigenvalue weighted by atomic mass is 9.97. The second-order valence-electron chi connectivity index (χ2n) is 4.01. The van der Waals surface area contributed by atoms with Crippen LogP contribution < -0.4 is 5.73 Å². The van der Waals surface area contributed by atoms with Gasteiger partial charge in [0.15, 0.2) is 23.3 Å². The number of pyridine rings is 1. The minimum atomic E-state index is -2.27. The smallest absolute Gasteiger partial charge is 0.200 e. The summed E-state index contributed by atoms with van der Waals surface area (Å²) >= 11 is 0. The third kappa shape index (κ3) is 2.27. The molecule has 0 bridgehead atoms. The highest BCUT2D eigenvalue weighted by molar-refractivity contribution is 5.78. The molecule has 1 heterocycles. The Morgan fingerprint density at radius 1 is 0.952 bits per heavy atom. The molecule has 0 saturated carbocycles. The molecule has 0 fully saturated rings. The molecule has 1 aromatic carbocycles. The Bertz CT molecular complexity index is 738. The summed E-state index contributed by atoms with van der Waals surface area (Å²) in [5.74, 6) is -10.9. The molecule has 0 aliphatic carbocycles. The van der Waals surface area contributed by atoms with Gasteiger partial charge in [-0.05, 0) is 11.6 Å². The zero-order valence-electron chi connectivity index (χ0n) is 10.2. The van der Waals surface area contributed by atoms with E-state index in [2.05, 4.69) is 4.98 Å². The second-order valence-corrected chi connectivity index (χ2v) is 4.01. The van der Waals surface area contributed by atoms with Crippen molar-refractivity contribution in [3.05, 3.63) is 46.9 Å². The number of nitriles is 1. The van der Waals surface area contributed by atoms with Crippen LogP contribution in [0.15, 0.2) is 12.3 Å². The molecule has 0 amide bonds. The highest BCUT2D eigenvalue weighted by Crippen LogP contribution is 2.36. The van der Waals surface area contributed by atoms with E-state index in [4.69, 9.17) is 11.0 Å². The Kier molecular flexibility index (Phi) is 3.76. The summed E-state index contributed by atoms with van der Waals surface area (Å²) in [7, 11) is 0. The highest BCUT2D eigenvalue weighted by Gasteiger charge is 2.29. The number of anilines is 1. The lowest BCUT2D eigenvalue weighted by Gasteiger charge is -2.13. The van der Waals surface area contributed by atoms with Crippen molar-refractivity contribution in [3.8, 4) is 17.2 Å². The van der Waals surface area contributed by atoms with Crippen molar-refractivity contribution >= 4 is 5.82 Å². The lowest BCUT2D eigenvalue weighted by Crippen LogP contribution is -2.08. The van der Waals surface area contributed by atoms with Crippen molar-refractivity contribution in [1.29, 1.82) is 5.26 Å². The van der Waals surface area contributed by atoms with Gasteiger partial charge in [-0.1, -0.05) is 0 Å². The van der Waals surface area contributed by atoms with E-state index in [1.807, 2.05) is 0 Å². The molecule has 0 radical (unpaired) electrons. The van der Waals surface area contributed by atoms with Gasteiger partial charge < -0.3 is 5.73 Å². The molecule has 2 rings (SSSR count). The number of hydrogen-bond acceptors (Lipinski definition) is 3. The van der Waals surface area contributed by atoms with E-state index in [1.165, 1.54) is 6.07 Å². The molecule has 2 aromatic rings. The fourth-order valence-electron chi connectivity index (χ4n) is 1.87. The van der Waals surface area contributed by atoms with Gasteiger partial charge in [-0.3, -0.25) is 0 Å². The van der Waals surface area contributed by atoms with Crippen molar-refractivity contribution in [1.82, 2.24) is 4.98 Å². The largest absolute Gasteiger partial charge is 0.383 e. The van der Waals surface area contributed by atoms with E-state index >= 15 is 0 Å². The molecular formula is C13H6F5N3. The normalized spacial score (nSPS) is 10.5. The first kappa shape index (κ1) is 14.7. The monoisotopic (exact) mass is 299 g/mol. The van der Waals surface area contributed by atoms with Crippen molar-refractivity contribution in [2.24, 2.45) is 0 Å². The summed E-state index contributed by atoms with van der Waals surface area (Å²) in [4.78, 5) is 3.56. The number of halogens is 5. The second kappa shape index (κ2) is 5.36. The zero-order chi connectivity index (χ0) is 15.7. The zero-order valence-corrected chi connectivity index (χ0v) is 10.2. The van der Waals surface area contributed by atoms with E-state index in [9.17, 15) is 22.0 Å². The Morgan fingerprint density at radius 3 is 2.00 bits per heavy atom. The van der Waals surface area contributed by atoms with Crippen LogP contribution in [0.5, 0.6) is 0 Å². The number of nitrogens with zero attached hydrogens (tertiary/aromatic N) is 2. The predicted molar refractivity (Wildman–Crippen MR) is 63.2 cm³/mol. The van der Waals surface area contributed by atoms with Crippen LogP contribution in [0.25, 0.3) is 11.1 Å². The molecule has 0 aliphatic heterocycles. The molecule has 0 saturated heterocycles. The van der Waals surface area contributed by atoms with Gasteiger partial charge in [0.25, 0.3) is 0 Å². The van der Waals surface area contributed by atoms with Gasteiger partial charge in [-0.25, -0.2) is 26.9 Å². The third-order valence-corrected chi connectivity index (χ3v) is 2.80. The van der Waals surface area contributed by atoms with Crippen LogP contribution in [0.4, 0.5) is 27.8 Å². The molecule has 21 heavy (non-hydrogen) atoms. The SMILES string of the molecule is N#CCc1ccnc(N)c1-c1c(F)c(F)c(F)c(F)c1F.